The fraction of sp³-hybridized carbons (Fsp3) is 1.00. The summed E-state index contributed by atoms with van der Waals surface area (Å²) in [6, 6.07) is 0.873. The molecule has 0 amide bonds. The van der Waals surface area contributed by atoms with Crippen LogP contribution in [0.5, 0.6) is 0 Å². The molecule has 1 heteroatoms. The SMILES string of the molecule is CCCCCCC1(CNC2CC2)CCC(C(C)(C)C)CC1. The highest BCUT2D eigenvalue weighted by Crippen LogP contribution is 2.47. The number of hydrogen-bond donors (Lipinski definition) is 1. The first-order chi connectivity index (χ1) is 9.95. The van der Waals surface area contributed by atoms with Gasteiger partial charge in [-0.2, -0.15) is 0 Å². The van der Waals surface area contributed by atoms with Crippen LogP contribution in [0.4, 0.5) is 0 Å². The molecular formula is C20H39N. The van der Waals surface area contributed by atoms with Crippen LogP contribution in [-0.2, 0) is 0 Å². The molecule has 21 heavy (non-hydrogen) atoms. The van der Waals surface area contributed by atoms with E-state index in [9.17, 15) is 0 Å². The summed E-state index contributed by atoms with van der Waals surface area (Å²) in [7, 11) is 0. The molecule has 0 aliphatic heterocycles. The third kappa shape index (κ3) is 5.58. The lowest BCUT2D eigenvalue weighted by Gasteiger charge is -2.44. The molecule has 0 aromatic rings. The summed E-state index contributed by atoms with van der Waals surface area (Å²) in [4.78, 5) is 0. The van der Waals surface area contributed by atoms with Crippen LogP contribution in [0.2, 0.25) is 0 Å². The van der Waals surface area contributed by atoms with Crippen LogP contribution in [0, 0.1) is 16.7 Å². The van der Waals surface area contributed by atoms with Gasteiger partial charge >= 0.3 is 0 Å². The van der Waals surface area contributed by atoms with Crippen molar-refractivity contribution in [2.75, 3.05) is 6.54 Å². The zero-order valence-corrected chi connectivity index (χ0v) is 15.1. The van der Waals surface area contributed by atoms with Crippen molar-refractivity contribution < 1.29 is 0 Å². The summed E-state index contributed by atoms with van der Waals surface area (Å²) in [6.07, 6.45) is 15.9. The average molecular weight is 294 g/mol. The third-order valence-electron chi connectivity index (χ3n) is 6.17. The smallest absolute Gasteiger partial charge is 0.00684 e. The van der Waals surface area contributed by atoms with Gasteiger partial charge in [-0.05, 0) is 61.7 Å². The fourth-order valence-corrected chi connectivity index (χ4v) is 4.19. The number of nitrogens with one attached hydrogen (secondary N) is 1. The van der Waals surface area contributed by atoms with Gasteiger partial charge in [-0.1, -0.05) is 53.4 Å². The van der Waals surface area contributed by atoms with Gasteiger partial charge in [0.25, 0.3) is 0 Å². The largest absolute Gasteiger partial charge is 0.313 e. The molecule has 1 nitrogen and oxygen atoms in total. The Morgan fingerprint density at radius 1 is 0.952 bits per heavy atom. The lowest BCUT2D eigenvalue weighted by Crippen LogP contribution is -2.40. The van der Waals surface area contributed by atoms with E-state index < -0.39 is 0 Å². The Morgan fingerprint density at radius 2 is 1.62 bits per heavy atom. The Balaban J connectivity index is 1.83. The number of rotatable bonds is 8. The van der Waals surface area contributed by atoms with Gasteiger partial charge in [-0.15, -0.1) is 0 Å². The Kier molecular flexibility index (Phi) is 6.17. The van der Waals surface area contributed by atoms with Crippen molar-refractivity contribution in [3.05, 3.63) is 0 Å². The minimum Gasteiger partial charge on any atom is -0.313 e. The predicted molar refractivity (Wildman–Crippen MR) is 93.6 cm³/mol. The highest BCUT2D eigenvalue weighted by Gasteiger charge is 2.39. The molecule has 2 fully saturated rings. The quantitative estimate of drug-likeness (QED) is 0.547. The van der Waals surface area contributed by atoms with E-state index in [4.69, 9.17) is 0 Å². The van der Waals surface area contributed by atoms with Gasteiger partial charge in [0.2, 0.25) is 0 Å². The summed E-state index contributed by atoms with van der Waals surface area (Å²) >= 11 is 0. The van der Waals surface area contributed by atoms with Crippen molar-refractivity contribution in [1.29, 1.82) is 0 Å². The molecule has 0 saturated heterocycles. The van der Waals surface area contributed by atoms with Gasteiger partial charge in [-0.25, -0.2) is 0 Å². The molecule has 0 heterocycles. The predicted octanol–water partition coefficient (Wildman–Crippen LogP) is 5.93. The van der Waals surface area contributed by atoms with E-state index in [0.29, 0.717) is 10.8 Å². The molecule has 1 N–H and O–H groups in total. The Morgan fingerprint density at radius 3 is 2.14 bits per heavy atom. The molecule has 0 atom stereocenters. The van der Waals surface area contributed by atoms with Crippen molar-refractivity contribution in [3.8, 4) is 0 Å². The highest BCUT2D eigenvalue weighted by atomic mass is 15.0. The molecule has 0 bridgehead atoms. The van der Waals surface area contributed by atoms with Gasteiger partial charge in [0.15, 0.2) is 0 Å². The number of hydrogen-bond acceptors (Lipinski definition) is 1. The van der Waals surface area contributed by atoms with Crippen LogP contribution in [0.15, 0.2) is 0 Å². The molecule has 2 saturated carbocycles. The lowest BCUT2D eigenvalue weighted by atomic mass is 9.62. The van der Waals surface area contributed by atoms with E-state index in [1.54, 1.807) is 0 Å². The zero-order chi connectivity index (χ0) is 15.3. The minimum atomic E-state index is 0.512. The van der Waals surface area contributed by atoms with Crippen molar-refractivity contribution in [1.82, 2.24) is 5.32 Å². The van der Waals surface area contributed by atoms with Gasteiger partial charge in [-0.3, -0.25) is 0 Å². The molecule has 2 aliphatic carbocycles. The second-order valence-electron chi connectivity index (χ2n) is 9.11. The number of unbranched alkanes of at least 4 members (excludes halogenated alkanes) is 3. The van der Waals surface area contributed by atoms with Crippen LogP contribution in [0.3, 0.4) is 0 Å². The molecule has 0 aromatic heterocycles. The monoisotopic (exact) mass is 293 g/mol. The second kappa shape index (κ2) is 7.49. The Hall–Kier alpha value is -0.0400. The summed E-state index contributed by atoms with van der Waals surface area (Å²) in [6.45, 7) is 10.9. The van der Waals surface area contributed by atoms with Crippen molar-refractivity contribution in [2.45, 2.75) is 104 Å². The van der Waals surface area contributed by atoms with Crippen LogP contribution in [-0.4, -0.2) is 12.6 Å². The van der Waals surface area contributed by atoms with Crippen molar-refractivity contribution in [2.24, 2.45) is 16.7 Å². The molecule has 0 radical (unpaired) electrons. The average Bonchev–Trinajstić information content (AvgIpc) is 3.25. The maximum absolute atomic E-state index is 3.86. The summed E-state index contributed by atoms with van der Waals surface area (Å²) in [5.74, 6) is 0.946. The van der Waals surface area contributed by atoms with Crippen LogP contribution < -0.4 is 5.32 Å². The van der Waals surface area contributed by atoms with E-state index in [1.807, 2.05) is 0 Å². The highest BCUT2D eigenvalue weighted by molar-refractivity contribution is 4.93. The van der Waals surface area contributed by atoms with Crippen LogP contribution in [0.25, 0.3) is 0 Å². The first-order valence-corrected chi connectivity index (χ1v) is 9.69. The third-order valence-corrected chi connectivity index (χ3v) is 6.17. The summed E-state index contributed by atoms with van der Waals surface area (Å²) < 4.78 is 0. The molecule has 2 aliphatic rings. The Bertz CT molecular complexity index is 289. The van der Waals surface area contributed by atoms with Gasteiger partial charge in [0.05, 0.1) is 0 Å². The first kappa shape index (κ1) is 17.3. The molecule has 2 rings (SSSR count). The van der Waals surface area contributed by atoms with Gasteiger partial charge in [0, 0.05) is 12.6 Å². The van der Waals surface area contributed by atoms with Crippen molar-refractivity contribution in [3.63, 3.8) is 0 Å². The Labute approximate surface area is 133 Å². The normalized spacial score (nSPS) is 30.6. The summed E-state index contributed by atoms with van der Waals surface area (Å²) in [5.41, 5.74) is 1.15. The minimum absolute atomic E-state index is 0.512. The molecular weight excluding hydrogens is 254 g/mol. The molecule has 0 spiro atoms. The van der Waals surface area contributed by atoms with E-state index >= 15 is 0 Å². The lowest BCUT2D eigenvalue weighted by molar-refractivity contribution is 0.0772. The fourth-order valence-electron chi connectivity index (χ4n) is 4.19. The standard InChI is InChI=1S/C20H39N/c1-5-6-7-8-13-20(16-21-18-9-10-18)14-11-17(12-15-20)19(2,3)4/h17-18,21H,5-16H2,1-4H3. The van der Waals surface area contributed by atoms with E-state index in [-0.39, 0.29) is 0 Å². The summed E-state index contributed by atoms with van der Waals surface area (Å²) in [5, 5.41) is 3.86. The van der Waals surface area contributed by atoms with Gasteiger partial charge in [0.1, 0.15) is 0 Å². The second-order valence-corrected chi connectivity index (χ2v) is 9.11. The molecule has 0 unspecified atom stereocenters. The van der Waals surface area contributed by atoms with Gasteiger partial charge < -0.3 is 5.32 Å². The first-order valence-electron chi connectivity index (χ1n) is 9.69. The van der Waals surface area contributed by atoms with E-state index in [1.165, 1.54) is 77.2 Å². The maximum atomic E-state index is 3.86. The van der Waals surface area contributed by atoms with E-state index in [0.717, 1.165) is 12.0 Å². The molecule has 124 valence electrons. The topological polar surface area (TPSA) is 12.0 Å². The van der Waals surface area contributed by atoms with Crippen LogP contribution >= 0.6 is 0 Å². The molecule has 0 aromatic carbocycles. The van der Waals surface area contributed by atoms with E-state index in [2.05, 4.69) is 33.0 Å². The van der Waals surface area contributed by atoms with Crippen LogP contribution in [0.1, 0.15) is 98.3 Å². The zero-order valence-electron chi connectivity index (χ0n) is 15.1. The maximum Gasteiger partial charge on any atom is 0.00684 e. The van der Waals surface area contributed by atoms with Crippen molar-refractivity contribution >= 4 is 0 Å².